The summed E-state index contributed by atoms with van der Waals surface area (Å²) in [6.45, 7) is -1.28. The molecule has 0 fully saturated rings. The van der Waals surface area contributed by atoms with Crippen molar-refractivity contribution in [2.75, 3.05) is 19.8 Å². The van der Waals surface area contributed by atoms with Gasteiger partial charge in [0.25, 0.3) is 0 Å². The van der Waals surface area contributed by atoms with E-state index in [4.69, 9.17) is 20.1 Å². The van der Waals surface area contributed by atoms with Gasteiger partial charge in [-0.1, -0.05) is 0 Å². The molecule has 1 aromatic heterocycles. The van der Waals surface area contributed by atoms with Crippen LogP contribution in [0.3, 0.4) is 0 Å². The van der Waals surface area contributed by atoms with Crippen molar-refractivity contribution in [2.24, 2.45) is 0 Å². The summed E-state index contributed by atoms with van der Waals surface area (Å²) >= 11 is 0. The number of ether oxygens (including phenoxy) is 1. The van der Waals surface area contributed by atoms with Gasteiger partial charge in [-0.15, -0.1) is 0 Å². The van der Waals surface area contributed by atoms with E-state index in [0.29, 0.717) is 11.4 Å². The molecule has 0 aliphatic rings. The monoisotopic (exact) mass is 318 g/mol. The molecule has 0 saturated heterocycles. The van der Waals surface area contributed by atoms with Gasteiger partial charge in [-0.05, 0) is 0 Å². The van der Waals surface area contributed by atoms with Gasteiger partial charge in [-0.2, -0.15) is 0 Å². The predicted molar refractivity (Wildman–Crippen MR) is 73.6 cm³/mol. The van der Waals surface area contributed by atoms with Gasteiger partial charge >= 0.3 is 0 Å². The van der Waals surface area contributed by atoms with Gasteiger partial charge in [0.2, 0.25) is 0 Å². The molecule has 0 radical (unpaired) electrons. The molecule has 4 atom stereocenters. The number of aliphatic hydroxyl groups is 6. The molecule has 9 heteroatoms. The van der Waals surface area contributed by atoms with E-state index in [9.17, 15) is 15.3 Å². The van der Waals surface area contributed by atoms with Crippen LogP contribution < -0.4 is 0 Å². The van der Waals surface area contributed by atoms with Gasteiger partial charge in [-0.3, -0.25) is 9.97 Å². The quantitative estimate of drug-likeness (QED) is 0.264. The first-order valence-corrected chi connectivity index (χ1v) is 6.79. The average molecular weight is 318 g/mol. The highest BCUT2D eigenvalue weighted by molar-refractivity contribution is 5.04. The van der Waals surface area contributed by atoms with Crippen molar-refractivity contribution >= 4 is 0 Å². The molecule has 9 nitrogen and oxygen atoms in total. The van der Waals surface area contributed by atoms with E-state index < -0.39 is 37.6 Å². The van der Waals surface area contributed by atoms with Crippen LogP contribution >= 0.6 is 0 Å². The summed E-state index contributed by atoms with van der Waals surface area (Å²) in [7, 11) is 0. The number of hydrogen-bond donors (Lipinski definition) is 6. The number of aliphatic hydroxyl groups excluding tert-OH is 6. The molecule has 1 heterocycles. The minimum atomic E-state index is -1.27. The van der Waals surface area contributed by atoms with Crippen molar-refractivity contribution < 1.29 is 35.4 Å². The summed E-state index contributed by atoms with van der Waals surface area (Å²) in [5.74, 6) is 0. The molecule has 1 aromatic rings. The highest BCUT2D eigenvalue weighted by Gasteiger charge is 2.17. The molecule has 0 aliphatic carbocycles. The molecule has 6 N–H and O–H groups in total. The second-order valence-corrected chi connectivity index (χ2v) is 4.86. The molecule has 0 spiro atoms. The van der Waals surface area contributed by atoms with Crippen molar-refractivity contribution in [1.82, 2.24) is 9.97 Å². The van der Waals surface area contributed by atoms with Gasteiger partial charge in [0.1, 0.15) is 18.3 Å². The van der Waals surface area contributed by atoms with Crippen LogP contribution in [0, 0.1) is 0 Å². The van der Waals surface area contributed by atoms with Crippen LogP contribution in [-0.4, -0.2) is 84.8 Å². The molecular formula is C13H22N2O7. The lowest BCUT2D eigenvalue weighted by Crippen LogP contribution is -2.33. The van der Waals surface area contributed by atoms with Crippen LogP contribution in [0.1, 0.15) is 11.4 Å². The van der Waals surface area contributed by atoms with E-state index in [1.807, 2.05) is 0 Å². The maximum absolute atomic E-state index is 9.61. The molecule has 126 valence electrons. The van der Waals surface area contributed by atoms with E-state index >= 15 is 0 Å². The van der Waals surface area contributed by atoms with E-state index in [1.54, 1.807) is 0 Å². The van der Waals surface area contributed by atoms with Gasteiger partial charge in [0.05, 0.1) is 50.1 Å². The first kappa shape index (κ1) is 18.8. The molecule has 0 aliphatic heterocycles. The molecular weight excluding hydrogens is 296 g/mol. The Bertz CT molecular complexity index is 435. The fourth-order valence-corrected chi connectivity index (χ4v) is 1.61. The van der Waals surface area contributed by atoms with Crippen molar-refractivity contribution in [3.63, 3.8) is 0 Å². The molecule has 22 heavy (non-hydrogen) atoms. The third-order valence-corrected chi connectivity index (χ3v) is 2.95. The molecule has 0 saturated carbocycles. The zero-order valence-electron chi connectivity index (χ0n) is 12.0. The molecule has 0 bridgehead atoms. The Morgan fingerprint density at radius 1 is 0.864 bits per heavy atom. The van der Waals surface area contributed by atoms with Crippen LogP contribution in [0.4, 0.5) is 0 Å². The number of rotatable bonds is 10. The first-order valence-electron chi connectivity index (χ1n) is 6.79. The molecule has 0 aromatic carbocycles. The maximum Gasteiger partial charge on any atom is 0.105 e. The average Bonchev–Trinajstić information content (AvgIpc) is 2.53. The topological polar surface area (TPSA) is 156 Å². The Morgan fingerprint density at radius 3 is 2.09 bits per heavy atom. The van der Waals surface area contributed by atoms with Gasteiger partial charge in [0, 0.05) is 12.6 Å². The first-order chi connectivity index (χ1) is 10.5. The second-order valence-electron chi connectivity index (χ2n) is 4.86. The predicted octanol–water partition coefficient (Wildman–Crippen LogP) is -3.04. The van der Waals surface area contributed by atoms with Crippen molar-refractivity contribution in [3.05, 3.63) is 23.8 Å². The Hall–Kier alpha value is -1.20. The van der Waals surface area contributed by atoms with Gasteiger partial charge in [0.15, 0.2) is 0 Å². The van der Waals surface area contributed by atoms with E-state index in [2.05, 4.69) is 9.97 Å². The Balaban J connectivity index is 2.47. The highest BCUT2D eigenvalue weighted by Crippen LogP contribution is 2.05. The van der Waals surface area contributed by atoms with Crippen molar-refractivity contribution in [3.8, 4) is 0 Å². The smallest absolute Gasteiger partial charge is 0.105 e. The zero-order chi connectivity index (χ0) is 16.5. The van der Waals surface area contributed by atoms with Crippen molar-refractivity contribution in [1.29, 1.82) is 0 Å². The van der Waals surface area contributed by atoms with Crippen LogP contribution in [0.2, 0.25) is 0 Å². The maximum atomic E-state index is 9.61. The third kappa shape index (κ3) is 6.28. The third-order valence-electron chi connectivity index (χ3n) is 2.95. The standard InChI is InChI=1S/C13H22N2O7/c16-4-11(19)10(18)1-8-2-14-3-9(15-8)6-22-7-13(21)12(20)5-17/h2-3,10-13,16-21H,1,4-7H2. The fourth-order valence-electron chi connectivity index (χ4n) is 1.61. The summed E-state index contributed by atoms with van der Waals surface area (Å²) in [6, 6.07) is 0. The van der Waals surface area contributed by atoms with E-state index in [-0.39, 0.29) is 19.6 Å². The minimum absolute atomic E-state index is 0.0222. The Kier molecular flexibility index (Phi) is 8.35. The zero-order valence-corrected chi connectivity index (χ0v) is 12.0. The van der Waals surface area contributed by atoms with Crippen LogP contribution in [0.5, 0.6) is 0 Å². The summed E-state index contributed by atoms with van der Waals surface area (Å²) in [5, 5.41) is 54.9. The second kappa shape index (κ2) is 9.74. The van der Waals surface area contributed by atoms with Crippen molar-refractivity contribution in [2.45, 2.75) is 37.4 Å². The van der Waals surface area contributed by atoms with E-state index in [0.717, 1.165) is 0 Å². The summed E-state index contributed by atoms with van der Waals surface area (Å²) in [4.78, 5) is 8.08. The summed E-state index contributed by atoms with van der Waals surface area (Å²) < 4.78 is 5.16. The lowest BCUT2D eigenvalue weighted by atomic mass is 10.1. The van der Waals surface area contributed by atoms with Crippen LogP contribution in [-0.2, 0) is 17.8 Å². The van der Waals surface area contributed by atoms with Gasteiger partial charge in [-0.25, -0.2) is 0 Å². The largest absolute Gasteiger partial charge is 0.394 e. The minimum Gasteiger partial charge on any atom is -0.394 e. The number of hydrogen-bond acceptors (Lipinski definition) is 9. The van der Waals surface area contributed by atoms with Gasteiger partial charge < -0.3 is 35.4 Å². The fraction of sp³-hybridized carbons (Fsp3) is 0.692. The normalized spacial score (nSPS) is 17.0. The summed E-state index contributed by atoms with van der Waals surface area (Å²) in [6.07, 6.45) is -2.01. The van der Waals surface area contributed by atoms with E-state index in [1.165, 1.54) is 12.4 Å². The lowest BCUT2D eigenvalue weighted by Gasteiger charge is -2.16. The molecule has 0 amide bonds. The Labute approximate surface area is 127 Å². The highest BCUT2D eigenvalue weighted by atomic mass is 16.5. The molecule has 1 rings (SSSR count). The lowest BCUT2D eigenvalue weighted by molar-refractivity contribution is -0.0605. The molecule has 4 unspecified atom stereocenters. The van der Waals surface area contributed by atoms with Crippen LogP contribution in [0.15, 0.2) is 12.4 Å². The Morgan fingerprint density at radius 2 is 1.45 bits per heavy atom. The summed E-state index contributed by atoms with van der Waals surface area (Å²) in [5.41, 5.74) is 0.853. The number of nitrogens with zero attached hydrogens (tertiary/aromatic N) is 2. The number of aromatic nitrogens is 2. The van der Waals surface area contributed by atoms with Crippen LogP contribution in [0.25, 0.3) is 0 Å². The SMILES string of the molecule is OCC(O)C(O)COCc1cncc(CC(O)C(O)CO)n1.